The number of hydrogen-bond acceptors (Lipinski definition) is 4. The molecule has 5 nitrogen and oxygen atoms in total. The first-order valence-corrected chi connectivity index (χ1v) is 5.20. The van der Waals surface area contributed by atoms with Gasteiger partial charge in [-0.05, 0) is 6.92 Å². The van der Waals surface area contributed by atoms with Gasteiger partial charge in [-0.15, -0.1) is 11.8 Å². The van der Waals surface area contributed by atoms with E-state index in [1.807, 2.05) is 0 Å². The van der Waals surface area contributed by atoms with Crippen molar-refractivity contribution in [3.05, 3.63) is 0 Å². The molecule has 0 spiro atoms. The van der Waals surface area contributed by atoms with E-state index >= 15 is 0 Å². The molecule has 0 saturated carbocycles. The number of rotatable bonds is 6. The first kappa shape index (κ1) is 13.0. The molecule has 0 aliphatic rings. The SMILES string of the molecule is CC(=O)NCS[C@@H](C)C(=O)NCC=O. The second kappa shape index (κ2) is 7.37. The maximum atomic E-state index is 11.2. The van der Waals surface area contributed by atoms with Gasteiger partial charge < -0.3 is 15.4 Å². The Kier molecular flexibility index (Phi) is 6.82. The van der Waals surface area contributed by atoms with Gasteiger partial charge in [0.2, 0.25) is 11.8 Å². The van der Waals surface area contributed by atoms with Crippen LogP contribution in [0.15, 0.2) is 0 Å². The molecule has 0 aliphatic heterocycles. The maximum absolute atomic E-state index is 11.2. The Morgan fingerprint density at radius 1 is 1.43 bits per heavy atom. The van der Waals surface area contributed by atoms with Crippen LogP contribution in [0, 0.1) is 0 Å². The van der Waals surface area contributed by atoms with Crippen LogP contribution in [0.2, 0.25) is 0 Å². The third-order valence-electron chi connectivity index (χ3n) is 1.38. The molecule has 2 amide bonds. The van der Waals surface area contributed by atoms with Crippen molar-refractivity contribution in [1.82, 2.24) is 10.6 Å². The van der Waals surface area contributed by atoms with Crippen molar-refractivity contribution in [2.45, 2.75) is 19.1 Å². The fourth-order valence-electron chi connectivity index (χ4n) is 0.630. The molecule has 0 heterocycles. The van der Waals surface area contributed by atoms with Gasteiger partial charge in [-0.1, -0.05) is 0 Å². The minimum atomic E-state index is -0.276. The Labute approximate surface area is 87.0 Å². The average molecular weight is 218 g/mol. The predicted octanol–water partition coefficient (Wildman–Crippen LogP) is -0.483. The summed E-state index contributed by atoms with van der Waals surface area (Å²) in [5.41, 5.74) is 0. The molecule has 0 radical (unpaired) electrons. The summed E-state index contributed by atoms with van der Waals surface area (Å²) in [6.45, 7) is 3.16. The Balaban J connectivity index is 3.61. The van der Waals surface area contributed by atoms with Gasteiger partial charge in [0, 0.05) is 6.92 Å². The van der Waals surface area contributed by atoms with Crippen LogP contribution in [0.4, 0.5) is 0 Å². The van der Waals surface area contributed by atoms with Crippen LogP contribution < -0.4 is 10.6 Å². The molecule has 0 rings (SSSR count). The van der Waals surface area contributed by atoms with E-state index in [9.17, 15) is 14.4 Å². The normalized spacial score (nSPS) is 11.6. The van der Waals surface area contributed by atoms with Crippen LogP contribution in [0.5, 0.6) is 0 Å². The lowest BCUT2D eigenvalue weighted by atomic mass is 10.4. The standard InChI is InChI=1S/C8H14N2O3S/c1-6(8(13)9-3-4-11)14-5-10-7(2)12/h4,6H,3,5H2,1-2H3,(H,9,13)(H,10,12)/t6-/m0/s1. The highest BCUT2D eigenvalue weighted by Crippen LogP contribution is 2.07. The number of carbonyl (C=O) groups is 3. The van der Waals surface area contributed by atoms with E-state index in [0.29, 0.717) is 12.2 Å². The predicted molar refractivity (Wildman–Crippen MR) is 54.8 cm³/mol. The van der Waals surface area contributed by atoms with Gasteiger partial charge in [0.05, 0.1) is 17.7 Å². The molecule has 80 valence electrons. The van der Waals surface area contributed by atoms with E-state index in [0.717, 1.165) is 0 Å². The summed E-state index contributed by atoms with van der Waals surface area (Å²) in [6, 6.07) is 0. The van der Waals surface area contributed by atoms with Gasteiger partial charge in [0.15, 0.2) is 0 Å². The largest absolute Gasteiger partial charge is 0.348 e. The summed E-state index contributed by atoms with van der Waals surface area (Å²) in [5, 5.41) is 4.72. The quantitative estimate of drug-likeness (QED) is 0.466. The molecule has 0 unspecified atom stereocenters. The molecule has 0 aliphatic carbocycles. The topological polar surface area (TPSA) is 75.3 Å². The Hall–Kier alpha value is -1.04. The highest BCUT2D eigenvalue weighted by Gasteiger charge is 2.11. The molecule has 0 aromatic rings. The summed E-state index contributed by atoms with van der Waals surface area (Å²) in [4.78, 5) is 31.6. The van der Waals surface area contributed by atoms with Gasteiger partial charge in [-0.2, -0.15) is 0 Å². The number of carbonyl (C=O) groups excluding carboxylic acids is 3. The number of aldehydes is 1. The van der Waals surface area contributed by atoms with Crippen LogP contribution in [-0.2, 0) is 14.4 Å². The monoisotopic (exact) mass is 218 g/mol. The molecule has 0 aromatic carbocycles. The lowest BCUT2D eigenvalue weighted by Gasteiger charge is -2.10. The fourth-order valence-corrected chi connectivity index (χ4v) is 1.40. The molecular weight excluding hydrogens is 204 g/mol. The molecule has 6 heteroatoms. The maximum Gasteiger partial charge on any atom is 0.233 e. The van der Waals surface area contributed by atoms with Crippen molar-refractivity contribution in [1.29, 1.82) is 0 Å². The second-order valence-corrected chi connectivity index (χ2v) is 3.93. The number of hydrogen-bond donors (Lipinski definition) is 2. The van der Waals surface area contributed by atoms with E-state index in [1.165, 1.54) is 18.7 Å². The fraction of sp³-hybridized carbons (Fsp3) is 0.625. The van der Waals surface area contributed by atoms with Gasteiger partial charge >= 0.3 is 0 Å². The van der Waals surface area contributed by atoms with Gasteiger partial charge in [-0.25, -0.2) is 0 Å². The molecule has 14 heavy (non-hydrogen) atoms. The van der Waals surface area contributed by atoms with Crippen molar-refractivity contribution in [2.75, 3.05) is 12.4 Å². The van der Waals surface area contributed by atoms with Crippen molar-refractivity contribution < 1.29 is 14.4 Å². The van der Waals surface area contributed by atoms with Crippen molar-refractivity contribution in [3.8, 4) is 0 Å². The minimum absolute atomic E-state index is 0.0316. The van der Waals surface area contributed by atoms with Crippen LogP contribution in [0.1, 0.15) is 13.8 Å². The zero-order valence-corrected chi connectivity index (χ0v) is 9.02. The molecule has 2 N–H and O–H groups in total. The average Bonchev–Trinajstić information content (AvgIpc) is 2.13. The van der Waals surface area contributed by atoms with E-state index < -0.39 is 0 Å². The summed E-state index contributed by atoms with van der Waals surface area (Å²) in [6.07, 6.45) is 0.628. The zero-order chi connectivity index (χ0) is 11.0. The van der Waals surface area contributed by atoms with Crippen LogP contribution in [0.3, 0.4) is 0 Å². The summed E-state index contributed by atoms with van der Waals surface area (Å²) >= 11 is 1.30. The van der Waals surface area contributed by atoms with Crippen molar-refractivity contribution in [2.24, 2.45) is 0 Å². The van der Waals surface area contributed by atoms with Crippen molar-refractivity contribution >= 4 is 29.9 Å². The van der Waals surface area contributed by atoms with E-state index in [-0.39, 0.29) is 23.6 Å². The Morgan fingerprint density at radius 2 is 2.07 bits per heavy atom. The van der Waals surface area contributed by atoms with E-state index in [2.05, 4.69) is 10.6 Å². The van der Waals surface area contributed by atoms with Gasteiger partial charge in [0.1, 0.15) is 6.29 Å². The van der Waals surface area contributed by atoms with E-state index in [1.54, 1.807) is 6.92 Å². The molecule has 0 fully saturated rings. The lowest BCUT2D eigenvalue weighted by Crippen LogP contribution is -2.33. The molecule has 0 bridgehead atoms. The number of amides is 2. The highest BCUT2D eigenvalue weighted by atomic mass is 32.2. The van der Waals surface area contributed by atoms with Crippen LogP contribution in [-0.4, -0.2) is 35.8 Å². The van der Waals surface area contributed by atoms with Crippen LogP contribution >= 0.6 is 11.8 Å². The lowest BCUT2D eigenvalue weighted by molar-refractivity contribution is -0.121. The smallest absolute Gasteiger partial charge is 0.233 e. The van der Waals surface area contributed by atoms with E-state index in [4.69, 9.17) is 0 Å². The second-order valence-electron chi connectivity index (χ2n) is 2.60. The summed E-state index contributed by atoms with van der Waals surface area (Å²) < 4.78 is 0. The Bertz CT molecular complexity index is 221. The first-order chi connectivity index (χ1) is 6.57. The highest BCUT2D eigenvalue weighted by molar-refractivity contribution is 8.00. The van der Waals surface area contributed by atoms with Gasteiger partial charge in [0.25, 0.3) is 0 Å². The summed E-state index contributed by atoms with van der Waals surface area (Å²) in [5.74, 6) is 0.0656. The zero-order valence-electron chi connectivity index (χ0n) is 8.20. The summed E-state index contributed by atoms with van der Waals surface area (Å²) in [7, 11) is 0. The van der Waals surface area contributed by atoms with Crippen molar-refractivity contribution in [3.63, 3.8) is 0 Å². The third kappa shape index (κ3) is 6.47. The molecule has 1 atom stereocenters. The Morgan fingerprint density at radius 3 is 2.57 bits per heavy atom. The third-order valence-corrected chi connectivity index (χ3v) is 2.41. The molecular formula is C8H14N2O3S. The molecule has 0 saturated heterocycles. The number of thioether (sulfide) groups is 1. The number of nitrogens with one attached hydrogen (secondary N) is 2. The minimum Gasteiger partial charge on any atom is -0.348 e. The first-order valence-electron chi connectivity index (χ1n) is 4.15. The van der Waals surface area contributed by atoms with Gasteiger partial charge in [-0.3, -0.25) is 9.59 Å². The van der Waals surface area contributed by atoms with Crippen LogP contribution in [0.25, 0.3) is 0 Å². The molecule has 0 aromatic heterocycles.